The SMILES string of the molecule is CN=C(NCCn1cccc1)NCc1ccc(-n2ccnc2C)c(F)c1. The number of nitrogens with zero attached hydrogens (tertiary/aromatic N) is 4. The summed E-state index contributed by atoms with van der Waals surface area (Å²) in [7, 11) is 1.72. The number of aliphatic imine (C=N–C) groups is 1. The van der Waals surface area contributed by atoms with Gasteiger partial charge >= 0.3 is 0 Å². The smallest absolute Gasteiger partial charge is 0.191 e. The van der Waals surface area contributed by atoms with Crippen LogP contribution in [0.15, 0.2) is 60.1 Å². The van der Waals surface area contributed by atoms with Gasteiger partial charge in [-0.25, -0.2) is 9.37 Å². The fourth-order valence-corrected chi connectivity index (χ4v) is 2.72. The number of hydrogen-bond acceptors (Lipinski definition) is 2. The van der Waals surface area contributed by atoms with Crippen molar-refractivity contribution in [2.75, 3.05) is 13.6 Å². The maximum absolute atomic E-state index is 14.4. The number of halogens is 1. The molecule has 2 heterocycles. The van der Waals surface area contributed by atoms with Crippen LogP contribution in [0.3, 0.4) is 0 Å². The van der Waals surface area contributed by atoms with Gasteiger partial charge in [-0.1, -0.05) is 6.07 Å². The highest BCUT2D eigenvalue weighted by Gasteiger charge is 2.08. The van der Waals surface area contributed by atoms with E-state index in [2.05, 4.69) is 25.2 Å². The quantitative estimate of drug-likeness (QED) is 0.528. The Morgan fingerprint density at radius 1 is 1.19 bits per heavy atom. The number of aromatic nitrogens is 3. The summed E-state index contributed by atoms with van der Waals surface area (Å²) >= 11 is 0. The van der Waals surface area contributed by atoms with E-state index in [1.54, 1.807) is 30.1 Å². The van der Waals surface area contributed by atoms with Gasteiger partial charge in [-0.05, 0) is 36.8 Å². The first-order chi connectivity index (χ1) is 12.7. The number of hydrogen-bond donors (Lipinski definition) is 2. The Hall–Kier alpha value is -3.09. The molecule has 1 aromatic carbocycles. The lowest BCUT2D eigenvalue weighted by Gasteiger charge is -2.13. The van der Waals surface area contributed by atoms with Crippen LogP contribution in [0, 0.1) is 12.7 Å². The van der Waals surface area contributed by atoms with Crippen LogP contribution in [0.2, 0.25) is 0 Å². The molecule has 0 amide bonds. The summed E-state index contributed by atoms with van der Waals surface area (Å²) < 4.78 is 18.3. The zero-order valence-electron chi connectivity index (χ0n) is 15.0. The van der Waals surface area contributed by atoms with Crippen molar-refractivity contribution in [1.29, 1.82) is 0 Å². The summed E-state index contributed by atoms with van der Waals surface area (Å²) in [4.78, 5) is 8.33. The van der Waals surface area contributed by atoms with E-state index in [0.717, 1.165) is 24.5 Å². The topological polar surface area (TPSA) is 59.2 Å². The van der Waals surface area contributed by atoms with Crippen molar-refractivity contribution in [3.05, 3.63) is 72.3 Å². The molecule has 0 aliphatic rings. The molecule has 2 aromatic heterocycles. The van der Waals surface area contributed by atoms with Crippen LogP contribution in [0.4, 0.5) is 4.39 Å². The minimum Gasteiger partial charge on any atom is -0.355 e. The van der Waals surface area contributed by atoms with Gasteiger partial charge in [0.15, 0.2) is 5.96 Å². The van der Waals surface area contributed by atoms with Gasteiger partial charge in [-0.3, -0.25) is 4.99 Å². The zero-order valence-corrected chi connectivity index (χ0v) is 15.0. The van der Waals surface area contributed by atoms with Crippen LogP contribution >= 0.6 is 0 Å². The highest BCUT2D eigenvalue weighted by Crippen LogP contribution is 2.16. The third-order valence-electron chi connectivity index (χ3n) is 4.11. The second-order valence-corrected chi connectivity index (χ2v) is 5.90. The summed E-state index contributed by atoms with van der Waals surface area (Å²) in [5.74, 6) is 1.16. The number of rotatable bonds is 6. The van der Waals surface area contributed by atoms with E-state index >= 15 is 0 Å². The van der Waals surface area contributed by atoms with Gasteiger partial charge in [-0.15, -0.1) is 0 Å². The molecule has 2 N–H and O–H groups in total. The molecule has 0 saturated heterocycles. The van der Waals surface area contributed by atoms with Crippen LogP contribution in [0.25, 0.3) is 5.69 Å². The van der Waals surface area contributed by atoms with Crippen molar-refractivity contribution < 1.29 is 4.39 Å². The summed E-state index contributed by atoms with van der Waals surface area (Å²) in [5, 5.41) is 6.45. The van der Waals surface area contributed by atoms with Gasteiger partial charge in [0.25, 0.3) is 0 Å². The average molecular weight is 354 g/mol. The molecule has 0 bridgehead atoms. The number of imidazole rings is 1. The van der Waals surface area contributed by atoms with Crippen molar-refractivity contribution in [1.82, 2.24) is 24.8 Å². The Balaban J connectivity index is 1.55. The summed E-state index contributed by atoms with van der Waals surface area (Å²) in [6.07, 6.45) is 7.45. The first-order valence-electron chi connectivity index (χ1n) is 8.51. The second-order valence-electron chi connectivity index (χ2n) is 5.90. The van der Waals surface area contributed by atoms with Crippen molar-refractivity contribution in [3.8, 4) is 5.69 Å². The molecule has 0 fully saturated rings. The third kappa shape index (κ3) is 4.30. The fourth-order valence-electron chi connectivity index (χ4n) is 2.72. The molecule has 0 unspecified atom stereocenters. The van der Waals surface area contributed by atoms with E-state index in [-0.39, 0.29) is 5.82 Å². The first kappa shape index (κ1) is 17.7. The minimum atomic E-state index is -0.277. The van der Waals surface area contributed by atoms with E-state index in [0.29, 0.717) is 18.2 Å². The van der Waals surface area contributed by atoms with E-state index < -0.39 is 0 Å². The molecular weight excluding hydrogens is 331 g/mol. The second kappa shape index (κ2) is 8.33. The lowest BCUT2D eigenvalue weighted by molar-refractivity contribution is 0.613. The number of benzene rings is 1. The highest BCUT2D eigenvalue weighted by atomic mass is 19.1. The molecule has 0 spiro atoms. The van der Waals surface area contributed by atoms with E-state index in [1.807, 2.05) is 37.5 Å². The third-order valence-corrected chi connectivity index (χ3v) is 4.11. The molecule has 3 aromatic rings. The predicted octanol–water partition coefficient (Wildman–Crippen LogP) is 2.49. The van der Waals surface area contributed by atoms with Gasteiger partial charge in [0.2, 0.25) is 0 Å². The molecule has 136 valence electrons. The van der Waals surface area contributed by atoms with Gasteiger partial charge in [-0.2, -0.15) is 0 Å². The average Bonchev–Trinajstić information content (AvgIpc) is 3.30. The zero-order chi connectivity index (χ0) is 18.4. The Bertz CT molecular complexity index is 866. The molecule has 0 saturated carbocycles. The predicted molar refractivity (Wildman–Crippen MR) is 101 cm³/mol. The molecule has 6 nitrogen and oxygen atoms in total. The first-order valence-corrected chi connectivity index (χ1v) is 8.51. The van der Waals surface area contributed by atoms with Crippen molar-refractivity contribution in [2.24, 2.45) is 4.99 Å². The van der Waals surface area contributed by atoms with Crippen molar-refractivity contribution in [2.45, 2.75) is 20.0 Å². The van der Waals surface area contributed by atoms with Crippen LogP contribution < -0.4 is 10.6 Å². The lowest BCUT2D eigenvalue weighted by Crippen LogP contribution is -2.38. The Labute approximate surface area is 152 Å². The molecule has 26 heavy (non-hydrogen) atoms. The summed E-state index contributed by atoms with van der Waals surface area (Å²) in [5.41, 5.74) is 1.34. The van der Waals surface area contributed by atoms with Crippen LogP contribution in [-0.4, -0.2) is 33.7 Å². The van der Waals surface area contributed by atoms with Gasteiger partial charge in [0.05, 0.1) is 5.69 Å². The van der Waals surface area contributed by atoms with Crippen LogP contribution in [0.5, 0.6) is 0 Å². The van der Waals surface area contributed by atoms with E-state index in [4.69, 9.17) is 0 Å². The van der Waals surface area contributed by atoms with Gasteiger partial charge < -0.3 is 19.8 Å². The standard InChI is InChI=1S/C19H23FN6/c1-15-22-8-12-26(15)18-6-5-16(13-17(18)20)14-24-19(21-2)23-7-11-25-9-3-4-10-25/h3-6,8-10,12-13H,7,11,14H2,1-2H3,(H2,21,23,24). The van der Waals surface area contributed by atoms with Crippen LogP contribution in [-0.2, 0) is 13.1 Å². The van der Waals surface area contributed by atoms with Crippen molar-refractivity contribution >= 4 is 5.96 Å². The monoisotopic (exact) mass is 354 g/mol. The maximum atomic E-state index is 14.4. The number of guanidine groups is 1. The Morgan fingerprint density at radius 3 is 2.65 bits per heavy atom. The highest BCUT2D eigenvalue weighted by molar-refractivity contribution is 5.79. The number of nitrogens with one attached hydrogen (secondary N) is 2. The van der Waals surface area contributed by atoms with Gasteiger partial charge in [0.1, 0.15) is 11.6 Å². The Morgan fingerprint density at radius 2 is 2.00 bits per heavy atom. The summed E-state index contributed by atoms with van der Waals surface area (Å²) in [6, 6.07) is 9.20. The van der Waals surface area contributed by atoms with Crippen LogP contribution in [0.1, 0.15) is 11.4 Å². The largest absolute Gasteiger partial charge is 0.355 e. The van der Waals surface area contributed by atoms with Gasteiger partial charge in [0, 0.05) is 51.5 Å². The molecule has 0 atom stereocenters. The minimum absolute atomic E-state index is 0.277. The molecule has 3 rings (SSSR count). The fraction of sp³-hybridized carbons (Fsp3) is 0.263. The number of aryl methyl sites for hydroxylation is 1. The normalized spacial score (nSPS) is 11.6. The summed E-state index contributed by atoms with van der Waals surface area (Å²) in [6.45, 7) is 3.93. The molecule has 7 heteroatoms. The molecule has 0 aliphatic heterocycles. The maximum Gasteiger partial charge on any atom is 0.191 e. The molecule has 0 radical (unpaired) electrons. The van der Waals surface area contributed by atoms with E-state index in [1.165, 1.54) is 6.07 Å². The van der Waals surface area contributed by atoms with Crippen molar-refractivity contribution in [3.63, 3.8) is 0 Å². The molecule has 0 aliphatic carbocycles. The lowest BCUT2D eigenvalue weighted by atomic mass is 10.2. The van der Waals surface area contributed by atoms with E-state index in [9.17, 15) is 4.39 Å². The molecular formula is C19H23FN6. The Kier molecular flexibility index (Phi) is 5.68.